The molecule has 0 atom stereocenters. The Morgan fingerprint density at radius 3 is 2.50 bits per heavy atom. The summed E-state index contributed by atoms with van der Waals surface area (Å²) in [5.74, 6) is 0.933. The number of amides is 1. The molecule has 0 aromatic heterocycles. The molecule has 2 fully saturated rings. The first-order valence-electron chi connectivity index (χ1n) is 6.70. The fraction of sp³-hybridized carbons (Fsp3) is 0.923. The number of hydrogen-bond donors (Lipinski definition) is 2. The van der Waals surface area contributed by atoms with Crippen LogP contribution in [0.4, 0.5) is 0 Å². The lowest BCUT2D eigenvalue weighted by molar-refractivity contribution is -0.131. The second-order valence-corrected chi connectivity index (χ2v) is 5.65. The van der Waals surface area contributed by atoms with E-state index in [9.17, 15) is 4.79 Å². The van der Waals surface area contributed by atoms with Gasteiger partial charge in [-0.05, 0) is 38.0 Å². The molecule has 92 valence electrons. The molecule has 2 saturated carbocycles. The molecule has 0 spiro atoms. The number of hydrogen-bond acceptors (Lipinski definition) is 2. The lowest BCUT2D eigenvalue weighted by Gasteiger charge is -2.34. The minimum atomic E-state index is -0.0358. The summed E-state index contributed by atoms with van der Waals surface area (Å²) < 4.78 is 0. The zero-order valence-corrected chi connectivity index (χ0v) is 10.3. The number of rotatable bonds is 4. The smallest absolute Gasteiger partial charge is 0.226 e. The first-order chi connectivity index (χ1) is 7.66. The largest absolute Gasteiger partial charge is 0.355 e. The molecule has 1 amide bonds. The van der Waals surface area contributed by atoms with Gasteiger partial charge in [0.1, 0.15) is 0 Å². The molecule has 16 heavy (non-hydrogen) atoms. The SMILES string of the molecule is CCC1(C(=O)NCC2CC(N)C2)CCCC1. The van der Waals surface area contributed by atoms with E-state index >= 15 is 0 Å². The Hall–Kier alpha value is -0.570. The van der Waals surface area contributed by atoms with Crippen LogP contribution in [0, 0.1) is 11.3 Å². The first-order valence-corrected chi connectivity index (χ1v) is 6.70. The normalized spacial score (nSPS) is 32.1. The van der Waals surface area contributed by atoms with Crippen molar-refractivity contribution >= 4 is 5.91 Å². The van der Waals surface area contributed by atoms with Crippen LogP contribution in [0.15, 0.2) is 0 Å². The van der Waals surface area contributed by atoms with Crippen LogP contribution in [0.3, 0.4) is 0 Å². The van der Waals surface area contributed by atoms with E-state index in [-0.39, 0.29) is 5.41 Å². The van der Waals surface area contributed by atoms with Crippen molar-refractivity contribution in [3.8, 4) is 0 Å². The van der Waals surface area contributed by atoms with Crippen LogP contribution in [0.2, 0.25) is 0 Å². The summed E-state index contributed by atoms with van der Waals surface area (Å²) in [7, 11) is 0. The third kappa shape index (κ3) is 2.24. The summed E-state index contributed by atoms with van der Waals surface area (Å²) in [6, 6.07) is 0.383. The third-order valence-corrected chi connectivity index (χ3v) is 4.54. The standard InChI is InChI=1S/C13H24N2O/c1-2-13(5-3-4-6-13)12(16)15-9-10-7-11(14)8-10/h10-11H,2-9,14H2,1H3,(H,15,16). The van der Waals surface area contributed by atoms with E-state index in [2.05, 4.69) is 12.2 Å². The van der Waals surface area contributed by atoms with Gasteiger partial charge in [0.05, 0.1) is 0 Å². The van der Waals surface area contributed by atoms with Crippen LogP contribution >= 0.6 is 0 Å². The van der Waals surface area contributed by atoms with E-state index in [0.29, 0.717) is 17.9 Å². The number of nitrogens with one attached hydrogen (secondary N) is 1. The summed E-state index contributed by atoms with van der Waals surface area (Å²) in [5, 5.41) is 3.14. The molecule has 2 rings (SSSR count). The highest BCUT2D eigenvalue weighted by Gasteiger charge is 2.39. The van der Waals surface area contributed by atoms with Gasteiger partial charge in [-0.1, -0.05) is 19.8 Å². The van der Waals surface area contributed by atoms with Crippen molar-refractivity contribution in [1.82, 2.24) is 5.32 Å². The number of carbonyl (C=O) groups excluding carboxylic acids is 1. The van der Waals surface area contributed by atoms with Crippen molar-refractivity contribution in [1.29, 1.82) is 0 Å². The van der Waals surface area contributed by atoms with Crippen LogP contribution in [0.1, 0.15) is 51.9 Å². The molecule has 0 unspecified atom stereocenters. The van der Waals surface area contributed by atoms with Crippen molar-refractivity contribution in [2.75, 3.05) is 6.54 Å². The van der Waals surface area contributed by atoms with Crippen molar-refractivity contribution < 1.29 is 4.79 Å². The highest BCUT2D eigenvalue weighted by atomic mass is 16.2. The summed E-state index contributed by atoms with van der Waals surface area (Å²) in [6.07, 6.45) is 7.76. The average molecular weight is 224 g/mol. The van der Waals surface area contributed by atoms with E-state index < -0.39 is 0 Å². The molecule has 0 radical (unpaired) electrons. The molecule has 3 nitrogen and oxygen atoms in total. The van der Waals surface area contributed by atoms with Crippen LogP contribution in [-0.2, 0) is 4.79 Å². The van der Waals surface area contributed by atoms with Crippen LogP contribution in [0.5, 0.6) is 0 Å². The Kier molecular flexibility index (Phi) is 3.53. The quantitative estimate of drug-likeness (QED) is 0.765. The fourth-order valence-corrected chi connectivity index (χ4v) is 3.17. The molecule has 0 heterocycles. The monoisotopic (exact) mass is 224 g/mol. The Morgan fingerprint density at radius 1 is 1.38 bits per heavy atom. The van der Waals surface area contributed by atoms with E-state index in [1.807, 2.05) is 0 Å². The summed E-state index contributed by atoms with van der Waals surface area (Å²) in [6.45, 7) is 2.98. The third-order valence-electron chi connectivity index (χ3n) is 4.54. The maximum Gasteiger partial charge on any atom is 0.226 e. The topological polar surface area (TPSA) is 55.1 Å². The van der Waals surface area contributed by atoms with Gasteiger partial charge in [-0.3, -0.25) is 4.79 Å². The van der Waals surface area contributed by atoms with Gasteiger partial charge in [0.2, 0.25) is 5.91 Å². The van der Waals surface area contributed by atoms with Gasteiger partial charge in [-0.25, -0.2) is 0 Å². The lowest BCUT2D eigenvalue weighted by Crippen LogP contribution is -2.46. The Labute approximate surface area is 98.2 Å². The highest BCUT2D eigenvalue weighted by Crippen LogP contribution is 2.41. The highest BCUT2D eigenvalue weighted by molar-refractivity contribution is 5.82. The first kappa shape index (κ1) is 11.9. The van der Waals surface area contributed by atoms with Gasteiger partial charge in [-0.15, -0.1) is 0 Å². The molecule has 3 heteroatoms. The number of carbonyl (C=O) groups is 1. The maximum absolute atomic E-state index is 12.2. The molecule has 0 aliphatic heterocycles. The van der Waals surface area contributed by atoms with E-state index in [1.165, 1.54) is 12.8 Å². The Balaban J connectivity index is 1.78. The van der Waals surface area contributed by atoms with Gasteiger partial charge >= 0.3 is 0 Å². The van der Waals surface area contributed by atoms with Crippen molar-refractivity contribution in [2.24, 2.45) is 17.1 Å². The fourth-order valence-electron chi connectivity index (χ4n) is 3.17. The molecule has 3 N–H and O–H groups in total. The minimum absolute atomic E-state index is 0.0358. The van der Waals surface area contributed by atoms with E-state index in [0.717, 1.165) is 38.6 Å². The minimum Gasteiger partial charge on any atom is -0.355 e. The van der Waals surface area contributed by atoms with E-state index in [4.69, 9.17) is 5.73 Å². The predicted octanol–water partition coefficient (Wildman–Crippen LogP) is 1.81. The maximum atomic E-state index is 12.2. The molecule has 2 aliphatic carbocycles. The van der Waals surface area contributed by atoms with Crippen LogP contribution < -0.4 is 11.1 Å². The van der Waals surface area contributed by atoms with Crippen molar-refractivity contribution in [2.45, 2.75) is 57.9 Å². The van der Waals surface area contributed by atoms with Crippen LogP contribution in [-0.4, -0.2) is 18.5 Å². The van der Waals surface area contributed by atoms with Gasteiger partial charge in [0.15, 0.2) is 0 Å². The predicted molar refractivity (Wildman–Crippen MR) is 64.9 cm³/mol. The Morgan fingerprint density at radius 2 is 2.00 bits per heavy atom. The zero-order chi connectivity index (χ0) is 11.6. The van der Waals surface area contributed by atoms with Gasteiger partial charge in [-0.2, -0.15) is 0 Å². The van der Waals surface area contributed by atoms with Gasteiger partial charge in [0, 0.05) is 18.0 Å². The Bertz CT molecular complexity index is 253. The molecular weight excluding hydrogens is 200 g/mol. The molecule has 0 saturated heterocycles. The summed E-state index contributed by atoms with van der Waals surface area (Å²) in [4.78, 5) is 12.2. The molecule has 0 aromatic rings. The van der Waals surface area contributed by atoms with Gasteiger partial charge in [0.25, 0.3) is 0 Å². The van der Waals surface area contributed by atoms with Crippen molar-refractivity contribution in [3.05, 3.63) is 0 Å². The second kappa shape index (κ2) is 4.74. The molecule has 2 aliphatic rings. The van der Waals surface area contributed by atoms with Crippen molar-refractivity contribution in [3.63, 3.8) is 0 Å². The lowest BCUT2D eigenvalue weighted by atomic mass is 9.79. The molecule has 0 aromatic carbocycles. The number of nitrogens with two attached hydrogens (primary N) is 1. The average Bonchev–Trinajstić information content (AvgIpc) is 2.72. The molecule has 0 bridgehead atoms. The van der Waals surface area contributed by atoms with Crippen LogP contribution in [0.25, 0.3) is 0 Å². The summed E-state index contributed by atoms with van der Waals surface area (Å²) >= 11 is 0. The van der Waals surface area contributed by atoms with E-state index in [1.54, 1.807) is 0 Å². The van der Waals surface area contributed by atoms with Gasteiger partial charge < -0.3 is 11.1 Å². The summed E-state index contributed by atoms with van der Waals surface area (Å²) in [5.41, 5.74) is 5.70. The molecular formula is C13H24N2O. The zero-order valence-electron chi connectivity index (χ0n) is 10.3. The second-order valence-electron chi connectivity index (χ2n) is 5.65.